The lowest BCUT2D eigenvalue weighted by atomic mass is 10.3. The Morgan fingerprint density at radius 2 is 2.04 bits per heavy atom. The Kier molecular flexibility index (Phi) is 5.02. The number of carbonyl (C=O) groups is 2. The van der Waals surface area contributed by atoms with Crippen LogP contribution in [-0.4, -0.2) is 27.0 Å². The molecule has 0 fully saturated rings. The van der Waals surface area contributed by atoms with Gasteiger partial charge in [-0.3, -0.25) is 14.7 Å². The van der Waals surface area contributed by atoms with Crippen LogP contribution in [0.25, 0.3) is 0 Å². The monoisotopic (exact) mass is 361 g/mol. The Bertz CT molecular complexity index is 838. The molecule has 124 valence electrons. The van der Waals surface area contributed by atoms with Crippen LogP contribution in [-0.2, 0) is 22.4 Å². The maximum Gasteiger partial charge on any atom is 0.231 e. The Morgan fingerprint density at radius 1 is 1.21 bits per heavy atom. The van der Waals surface area contributed by atoms with Crippen LogP contribution in [0.2, 0.25) is 0 Å². The standard InChI is InChI=1S/C15H15N5O2S2/c1-9-5-12(20-19-9)17-13(21)6-10-8-24-15(16-10)18-14(22)7-11-3-2-4-23-11/h2-5,8H,6-7H2,1H3,(H,16,18,22)(H2,17,19,20,21). The zero-order valence-corrected chi connectivity index (χ0v) is 14.5. The second-order valence-corrected chi connectivity index (χ2v) is 7.00. The molecule has 0 atom stereocenters. The van der Waals surface area contributed by atoms with E-state index in [2.05, 4.69) is 25.8 Å². The van der Waals surface area contributed by atoms with Crippen molar-refractivity contribution >= 4 is 45.4 Å². The molecule has 7 nitrogen and oxygen atoms in total. The molecule has 0 saturated heterocycles. The number of aromatic amines is 1. The van der Waals surface area contributed by atoms with E-state index in [1.807, 2.05) is 24.4 Å². The van der Waals surface area contributed by atoms with Gasteiger partial charge >= 0.3 is 0 Å². The lowest BCUT2D eigenvalue weighted by Gasteiger charge is -2.00. The smallest absolute Gasteiger partial charge is 0.231 e. The molecule has 3 rings (SSSR count). The normalized spacial score (nSPS) is 10.5. The van der Waals surface area contributed by atoms with Gasteiger partial charge in [0.05, 0.1) is 18.5 Å². The van der Waals surface area contributed by atoms with Crippen molar-refractivity contribution < 1.29 is 9.59 Å². The predicted octanol–water partition coefficient (Wildman–Crippen LogP) is 2.60. The van der Waals surface area contributed by atoms with Crippen LogP contribution in [0, 0.1) is 6.92 Å². The minimum Gasteiger partial charge on any atom is -0.309 e. The van der Waals surface area contributed by atoms with Gasteiger partial charge in [0, 0.05) is 22.0 Å². The Labute approximate surface area is 146 Å². The third-order valence-electron chi connectivity index (χ3n) is 3.03. The Morgan fingerprint density at radius 3 is 2.75 bits per heavy atom. The second-order valence-electron chi connectivity index (χ2n) is 5.11. The molecule has 0 aliphatic carbocycles. The number of aryl methyl sites for hydroxylation is 1. The fourth-order valence-corrected chi connectivity index (χ4v) is 3.44. The van der Waals surface area contributed by atoms with Crippen LogP contribution in [0.5, 0.6) is 0 Å². The maximum atomic E-state index is 11.9. The molecule has 9 heteroatoms. The van der Waals surface area contributed by atoms with Crippen molar-refractivity contribution in [3.8, 4) is 0 Å². The quantitative estimate of drug-likeness (QED) is 0.628. The lowest BCUT2D eigenvalue weighted by Crippen LogP contribution is -2.15. The van der Waals surface area contributed by atoms with E-state index in [1.165, 1.54) is 22.7 Å². The number of nitrogens with zero attached hydrogens (tertiary/aromatic N) is 2. The molecule has 0 saturated carbocycles. The fraction of sp³-hybridized carbons (Fsp3) is 0.200. The summed E-state index contributed by atoms with van der Waals surface area (Å²) in [6.45, 7) is 1.86. The van der Waals surface area contributed by atoms with Crippen LogP contribution in [0.1, 0.15) is 16.3 Å². The van der Waals surface area contributed by atoms with Gasteiger partial charge in [-0.1, -0.05) is 6.07 Å². The number of hydrogen-bond donors (Lipinski definition) is 3. The number of hydrogen-bond acceptors (Lipinski definition) is 6. The van der Waals surface area contributed by atoms with Crippen molar-refractivity contribution in [2.45, 2.75) is 19.8 Å². The van der Waals surface area contributed by atoms with E-state index in [-0.39, 0.29) is 18.2 Å². The highest BCUT2D eigenvalue weighted by atomic mass is 32.1. The zero-order chi connectivity index (χ0) is 16.9. The number of H-pyrrole nitrogens is 1. The van der Waals surface area contributed by atoms with E-state index in [0.29, 0.717) is 23.1 Å². The molecule has 0 aliphatic rings. The van der Waals surface area contributed by atoms with Gasteiger partial charge in [0.2, 0.25) is 11.8 Å². The highest BCUT2D eigenvalue weighted by molar-refractivity contribution is 7.14. The molecule has 3 heterocycles. The molecule has 0 radical (unpaired) electrons. The average Bonchev–Trinajstić information content (AvgIpc) is 3.23. The second kappa shape index (κ2) is 7.37. The highest BCUT2D eigenvalue weighted by Crippen LogP contribution is 2.17. The van der Waals surface area contributed by atoms with Gasteiger partial charge in [0.15, 0.2) is 10.9 Å². The fourth-order valence-electron chi connectivity index (χ4n) is 2.01. The molecule has 0 aliphatic heterocycles. The lowest BCUT2D eigenvalue weighted by molar-refractivity contribution is -0.116. The molecule has 3 aromatic heterocycles. The summed E-state index contributed by atoms with van der Waals surface area (Å²) in [5.74, 6) is 0.162. The van der Waals surface area contributed by atoms with Gasteiger partial charge in [-0.2, -0.15) is 5.10 Å². The van der Waals surface area contributed by atoms with Crippen molar-refractivity contribution in [3.05, 3.63) is 45.2 Å². The van der Waals surface area contributed by atoms with E-state index in [9.17, 15) is 9.59 Å². The largest absolute Gasteiger partial charge is 0.309 e. The minimum atomic E-state index is -0.205. The summed E-state index contributed by atoms with van der Waals surface area (Å²) in [5, 5.41) is 16.3. The van der Waals surface area contributed by atoms with E-state index in [4.69, 9.17) is 0 Å². The number of rotatable bonds is 6. The molecule has 2 amide bonds. The third kappa shape index (κ3) is 4.49. The number of anilines is 2. The molecular formula is C15H15N5O2S2. The first-order valence-electron chi connectivity index (χ1n) is 7.17. The molecule has 0 aromatic carbocycles. The summed E-state index contributed by atoms with van der Waals surface area (Å²) in [7, 11) is 0. The zero-order valence-electron chi connectivity index (χ0n) is 12.8. The molecule has 3 aromatic rings. The number of amides is 2. The van der Waals surface area contributed by atoms with Gasteiger partial charge in [0.25, 0.3) is 0 Å². The first kappa shape index (κ1) is 16.3. The van der Waals surface area contributed by atoms with Gasteiger partial charge in [0.1, 0.15) is 0 Å². The summed E-state index contributed by atoms with van der Waals surface area (Å²) in [4.78, 5) is 29.1. The van der Waals surface area contributed by atoms with Gasteiger partial charge < -0.3 is 10.6 Å². The number of carbonyl (C=O) groups excluding carboxylic acids is 2. The third-order valence-corrected chi connectivity index (χ3v) is 4.71. The van der Waals surface area contributed by atoms with Crippen molar-refractivity contribution in [2.24, 2.45) is 0 Å². The number of nitrogens with one attached hydrogen (secondary N) is 3. The Hall–Kier alpha value is -2.52. The minimum absolute atomic E-state index is 0.116. The van der Waals surface area contributed by atoms with Crippen LogP contribution < -0.4 is 10.6 Å². The predicted molar refractivity (Wildman–Crippen MR) is 94.4 cm³/mol. The molecule has 3 N–H and O–H groups in total. The summed E-state index contributed by atoms with van der Waals surface area (Å²) < 4.78 is 0. The summed E-state index contributed by atoms with van der Waals surface area (Å²) in [5.41, 5.74) is 1.48. The number of thiazole rings is 1. The molecule has 0 unspecified atom stereocenters. The van der Waals surface area contributed by atoms with Crippen LogP contribution in [0.4, 0.5) is 10.9 Å². The van der Waals surface area contributed by atoms with Crippen molar-refractivity contribution in [3.63, 3.8) is 0 Å². The first-order valence-corrected chi connectivity index (χ1v) is 8.93. The maximum absolute atomic E-state index is 11.9. The van der Waals surface area contributed by atoms with E-state index < -0.39 is 0 Å². The van der Waals surface area contributed by atoms with Crippen molar-refractivity contribution in [1.82, 2.24) is 15.2 Å². The van der Waals surface area contributed by atoms with Crippen LogP contribution >= 0.6 is 22.7 Å². The van der Waals surface area contributed by atoms with Crippen molar-refractivity contribution in [2.75, 3.05) is 10.6 Å². The molecule has 0 spiro atoms. The van der Waals surface area contributed by atoms with E-state index in [0.717, 1.165) is 10.6 Å². The molecule has 0 bridgehead atoms. The molecular weight excluding hydrogens is 346 g/mol. The number of thiophene rings is 1. The van der Waals surface area contributed by atoms with Crippen LogP contribution in [0.3, 0.4) is 0 Å². The topological polar surface area (TPSA) is 99.8 Å². The van der Waals surface area contributed by atoms with Gasteiger partial charge in [-0.05, 0) is 18.4 Å². The Balaban J connectivity index is 1.51. The van der Waals surface area contributed by atoms with Crippen molar-refractivity contribution in [1.29, 1.82) is 0 Å². The van der Waals surface area contributed by atoms with E-state index >= 15 is 0 Å². The van der Waals surface area contributed by atoms with Gasteiger partial charge in [-0.15, -0.1) is 22.7 Å². The van der Waals surface area contributed by atoms with E-state index in [1.54, 1.807) is 11.4 Å². The van der Waals surface area contributed by atoms with Crippen LogP contribution in [0.15, 0.2) is 29.0 Å². The summed E-state index contributed by atoms with van der Waals surface area (Å²) >= 11 is 2.84. The SMILES string of the molecule is Cc1cc(NC(=O)Cc2csc(NC(=O)Cc3cccs3)n2)n[nH]1. The molecule has 24 heavy (non-hydrogen) atoms. The highest BCUT2D eigenvalue weighted by Gasteiger charge is 2.11. The number of aromatic nitrogens is 3. The average molecular weight is 361 g/mol. The summed E-state index contributed by atoms with van der Waals surface area (Å²) in [6.07, 6.45) is 0.453. The first-order chi connectivity index (χ1) is 11.6. The van der Waals surface area contributed by atoms with Gasteiger partial charge in [-0.25, -0.2) is 4.98 Å². The summed E-state index contributed by atoms with van der Waals surface area (Å²) in [6, 6.07) is 5.57.